The average molecular weight is 388 g/mol. The summed E-state index contributed by atoms with van der Waals surface area (Å²) in [5.74, 6) is 0.441. The molecule has 0 unspecified atom stereocenters. The third-order valence-corrected chi connectivity index (χ3v) is 4.90. The maximum absolute atomic E-state index is 13.9. The molecule has 4 aromatic rings. The van der Waals surface area contributed by atoms with Crippen molar-refractivity contribution in [3.8, 4) is 11.3 Å². The van der Waals surface area contributed by atoms with Crippen molar-refractivity contribution in [2.24, 2.45) is 0 Å². The number of nitrogens with zero attached hydrogens (tertiary/aromatic N) is 2. The molecule has 0 aliphatic carbocycles. The molecular weight excluding hydrogens is 367 g/mol. The van der Waals surface area contributed by atoms with Crippen molar-refractivity contribution < 1.29 is 13.6 Å². The molecule has 146 valence electrons. The standard InChI is InChI=1S/C24H21FN2O2/c1-27(16-17-10-11-18-6-2-3-7-19(18)14-17)24(28)13-12-23-26-15-22(29-23)20-8-4-5-9-21(20)25/h2-11,14-15H,12-13,16H2,1H3. The third-order valence-electron chi connectivity index (χ3n) is 4.90. The van der Waals surface area contributed by atoms with E-state index in [1.165, 1.54) is 17.6 Å². The maximum Gasteiger partial charge on any atom is 0.223 e. The van der Waals surface area contributed by atoms with Gasteiger partial charge in [-0.05, 0) is 34.5 Å². The third kappa shape index (κ3) is 4.35. The fourth-order valence-electron chi connectivity index (χ4n) is 3.32. The molecule has 0 saturated carbocycles. The summed E-state index contributed by atoms with van der Waals surface area (Å²) in [5, 5.41) is 2.34. The summed E-state index contributed by atoms with van der Waals surface area (Å²) in [6.45, 7) is 0.537. The Labute approximate surface area is 168 Å². The van der Waals surface area contributed by atoms with E-state index in [-0.39, 0.29) is 18.1 Å². The van der Waals surface area contributed by atoms with Crippen molar-refractivity contribution in [3.05, 3.63) is 90.2 Å². The van der Waals surface area contributed by atoms with Gasteiger partial charge in [0.15, 0.2) is 11.7 Å². The van der Waals surface area contributed by atoms with Gasteiger partial charge in [0.2, 0.25) is 5.91 Å². The van der Waals surface area contributed by atoms with E-state index in [1.807, 2.05) is 18.2 Å². The van der Waals surface area contributed by atoms with E-state index < -0.39 is 0 Å². The number of carbonyl (C=O) groups is 1. The zero-order valence-electron chi connectivity index (χ0n) is 16.1. The van der Waals surface area contributed by atoms with Crippen LogP contribution in [0.4, 0.5) is 4.39 Å². The first-order valence-corrected chi connectivity index (χ1v) is 9.51. The summed E-state index contributed by atoms with van der Waals surface area (Å²) in [5.41, 5.74) is 1.45. The van der Waals surface area contributed by atoms with Crippen LogP contribution in [0.1, 0.15) is 17.9 Å². The molecule has 1 aromatic heterocycles. The van der Waals surface area contributed by atoms with Crippen molar-refractivity contribution >= 4 is 16.7 Å². The summed E-state index contributed by atoms with van der Waals surface area (Å²) < 4.78 is 19.5. The van der Waals surface area contributed by atoms with Crippen LogP contribution in [0, 0.1) is 5.82 Å². The van der Waals surface area contributed by atoms with Gasteiger partial charge in [0, 0.05) is 26.4 Å². The molecule has 0 N–H and O–H groups in total. The number of aromatic nitrogens is 1. The molecule has 4 nitrogen and oxygen atoms in total. The Bertz CT molecular complexity index is 1150. The number of hydrogen-bond acceptors (Lipinski definition) is 3. The zero-order valence-corrected chi connectivity index (χ0v) is 16.1. The summed E-state index contributed by atoms with van der Waals surface area (Å²) in [7, 11) is 1.79. The van der Waals surface area contributed by atoms with Crippen LogP contribution in [0.15, 0.2) is 77.3 Å². The van der Waals surface area contributed by atoms with Crippen molar-refractivity contribution in [1.82, 2.24) is 9.88 Å². The molecular formula is C24H21FN2O2. The molecule has 0 radical (unpaired) electrons. The van der Waals surface area contributed by atoms with Crippen LogP contribution in [0.3, 0.4) is 0 Å². The van der Waals surface area contributed by atoms with Gasteiger partial charge in [-0.3, -0.25) is 4.79 Å². The average Bonchev–Trinajstić information content (AvgIpc) is 3.21. The SMILES string of the molecule is CN(Cc1ccc2ccccc2c1)C(=O)CCc1ncc(-c2ccccc2F)o1. The molecule has 1 amide bonds. The van der Waals surface area contributed by atoms with Gasteiger partial charge in [-0.25, -0.2) is 9.37 Å². The quantitative estimate of drug-likeness (QED) is 0.455. The number of halogens is 1. The number of hydrogen-bond donors (Lipinski definition) is 0. The minimum atomic E-state index is -0.360. The molecule has 4 rings (SSSR count). The topological polar surface area (TPSA) is 46.3 Å². The molecule has 0 saturated heterocycles. The molecule has 29 heavy (non-hydrogen) atoms. The Morgan fingerprint density at radius 1 is 1.03 bits per heavy atom. The van der Waals surface area contributed by atoms with Crippen molar-refractivity contribution in [1.29, 1.82) is 0 Å². The van der Waals surface area contributed by atoms with Crippen LogP contribution < -0.4 is 0 Å². The first kappa shape index (κ1) is 18.9. The molecule has 0 aliphatic heterocycles. The fraction of sp³-hybridized carbons (Fsp3) is 0.167. The monoisotopic (exact) mass is 388 g/mol. The van der Waals surface area contributed by atoms with E-state index in [0.717, 1.165) is 10.9 Å². The molecule has 5 heteroatoms. The van der Waals surface area contributed by atoms with E-state index in [9.17, 15) is 9.18 Å². The Morgan fingerprint density at radius 3 is 2.62 bits per heavy atom. The van der Waals surface area contributed by atoms with Gasteiger partial charge >= 0.3 is 0 Å². The Morgan fingerprint density at radius 2 is 1.79 bits per heavy atom. The highest BCUT2D eigenvalue weighted by Gasteiger charge is 2.14. The highest BCUT2D eigenvalue weighted by Crippen LogP contribution is 2.24. The lowest BCUT2D eigenvalue weighted by atomic mass is 10.1. The second kappa shape index (κ2) is 8.27. The van der Waals surface area contributed by atoms with E-state index in [1.54, 1.807) is 30.1 Å². The van der Waals surface area contributed by atoms with Crippen LogP contribution in [0.2, 0.25) is 0 Å². The summed E-state index contributed by atoms with van der Waals surface area (Å²) in [4.78, 5) is 18.4. The zero-order chi connectivity index (χ0) is 20.2. The van der Waals surface area contributed by atoms with Crippen molar-refractivity contribution in [2.45, 2.75) is 19.4 Å². The smallest absolute Gasteiger partial charge is 0.223 e. The fourth-order valence-corrected chi connectivity index (χ4v) is 3.32. The molecule has 0 aliphatic rings. The van der Waals surface area contributed by atoms with Crippen molar-refractivity contribution in [3.63, 3.8) is 0 Å². The van der Waals surface area contributed by atoms with Gasteiger partial charge in [-0.2, -0.15) is 0 Å². The molecule has 0 fully saturated rings. The van der Waals surface area contributed by atoms with Crippen molar-refractivity contribution in [2.75, 3.05) is 7.05 Å². The van der Waals surface area contributed by atoms with Crippen LogP contribution in [-0.4, -0.2) is 22.8 Å². The molecule has 1 heterocycles. The summed E-state index contributed by atoms with van der Waals surface area (Å²) in [6, 6.07) is 20.8. The maximum atomic E-state index is 13.9. The highest BCUT2D eigenvalue weighted by atomic mass is 19.1. The Kier molecular flexibility index (Phi) is 5.38. The molecule has 0 atom stereocenters. The minimum Gasteiger partial charge on any atom is -0.441 e. The van der Waals surface area contributed by atoms with E-state index >= 15 is 0 Å². The molecule has 0 bridgehead atoms. The van der Waals surface area contributed by atoms with E-state index in [0.29, 0.717) is 30.2 Å². The Hall–Kier alpha value is -3.47. The number of aryl methyl sites for hydroxylation is 1. The number of carbonyl (C=O) groups excluding carboxylic acids is 1. The first-order chi connectivity index (χ1) is 14.1. The Balaban J connectivity index is 1.36. The van der Waals surface area contributed by atoms with Gasteiger partial charge < -0.3 is 9.32 Å². The number of benzene rings is 3. The first-order valence-electron chi connectivity index (χ1n) is 9.51. The lowest BCUT2D eigenvalue weighted by Crippen LogP contribution is -2.26. The second-order valence-corrected chi connectivity index (χ2v) is 7.03. The molecule has 0 spiro atoms. The number of fused-ring (bicyclic) bond motifs is 1. The predicted molar refractivity (Wildman–Crippen MR) is 111 cm³/mol. The molecule has 3 aromatic carbocycles. The number of amides is 1. The van der Waals surface area contributed by atoms with E-state index in [2.05, 4.69) is 29.2 Å². The van der Waals surface area contributed by atoms with Crippen LogP contribution in [-0.2, 0) is 17.8 Å². The lowest BCUT2D eigenvalue weighted by Gasteiger charge is -2.17. The van der Waals surface area contributed by atoms with Gasteiger partial charge in [-0.1, -0.05) is 48.5 Å². The predicted octanol–water partition coefficient (Wildman–Crippen LogP) is 5.23. The summed E-state index contributed by atoms with van der Waals surface area (Å²) in [6.07, 6.45) is 2.15. The van der Waals surface area contributed by atoms with E-state index in [4.69, 9.17) is 4.42 Å². The van der Waals surface area contributed by atoms with Gasteiger partial charge in [0.25, 0.3) is 0 Å². The highest BCUT2D eigenvalue weighted by molar-refractivity contribution is 5.83. The lowest BCUT2D eigenvalue weighted by molar-refractivity contribution is -0.130. The summed E-state index contributed by atoms with van der Waals surface area (Å²) >= 11 is 0. The van der Waals surface area contributed by atoms with Gasteiger partial charge in [0.05, 0.1) is 11.8 Å². The minimum absolute atomic E-state index is 0.00352. The van der Waals surface area contributed by atoms with Gasteiger partial charge in [0.1, 0.15) is 5.82 Å². The normalized spacial score (nSPS) is 11.0. The van der Waals surface area contributed by atoms with Crippen LogP contribution in [0.5, 0.6) is 0 Å². The van der Waals surface area contributed by atoms with Gasteiger partial charge in [-0.15, -0.1) is 0 Å². The largest absolute Gasteiger partial charge is 0.441 e. The number of oxazole rings is 1. The second-order valence-electron chi connectivity index (χ2n) is 7.03. The van der Waals surface area contributed by atoms with Crippen LogP contribution in [0.25, 0.3) is 22.1 Å². The number of rotatable bonds is 6. The van der Waals surface area contributed by atoms with Crippen LogP contribution >= 0.6 is 0 Å².